The zero-order valence-corrected chi connectivity index (χ0v) is 12.6. The number of halogens is 1. The van der Waals surface area contributed by atoms with Crippen LogP contribution >= 0.6 is 0 Å². The number of rotatable bonds is 1. The van der Waals surface area contributed by atoms with E-state index in [1.54, 1.807) is 27.0 Å². The van der Waals surface area contributed by atoms with Crippen molar-refractivity contribution in [3.63, 3.8) is 0 Å². The van der Waals surface area contributed by atoms with Crippen LogP contribution in [0.2, 0.25) is 0 Å². The minimum Gasteiger partial charge on any atom is -0.505 e. The van der Waals surface area contributed by atoms with E-state index in [9.17, 15) is 14.3 Å². The smallest absolute Gasteiger partial charge is 0.229 e. The largest absolute Gasteiger partial charge is 0.505 e. The van der Waals surface area contributed by atoms with Crippen molar-refractivity contribution < 1.29 is 14.3 Å². The number of H-pyrrole nitrogens is 1. The first-order valence-corrected chi connectivity index (χ1v) is 6.76. The first-order valence-electron chi connectivity index (χ1n) is 6.76. The Kier molecular flexibility index (Phi) is 4.22. The number of carbonyl (C=O) groups is 1. The molecule has 1 heterocycles. The highest BCUT2D eigenvalue weighted by atomic mass is 19.1. The lowest BCUT2D eigenvalue weighted by Crippen LogP contribution is -2.28. The lowest BCUT2D eigenvalue weighted by Gasteiger charge is -2.18. The zero-order valence-electron chi connectivity index (χ0n) is 12.6. The maximum atomic E-state index is 13.4. The Morgan fingerprint density at radius 1 is 1.23 bits per heavy atom. The van der Waals surface area contributed by atoms with Crippen LogP contribution in [0.4, 0.5) is 10.1 Å². The van der Waals surface area contributed by atoms with Crippen LogP contribution in [0.25, 0.3) is 0 Å². The fraction of sp³-hybridized carbons (Fsp3) is 0.235. The highest BCUT2D eigenvalue weighted by Crippen LogP contribution is 2.21. The van der Waals surface area contributed by atoms with Gasteiger partial charge in [0.2, 0.25) is 5.91 Å². The van der Waals surface area contributed by atoms with Gasteiger partial charge in [-0.25, -0.2) is 4.39 Å². The van der Waals surface area contributed by atoms with Crippen molar-refractivity contribution in [2.24, 2.45) is 5.41 Å². The lowest BCUT2D eigenvalue weighted by atomic mass is 9.95. The molecule has 3 N–H and O–H groups in total. The Balaban J connectivity index is 2.35. The number of hydrogen-bond acceptors (Lipinski definition) is 2. The molecule has 0 bridgehead atoms. The van der Waals surface area contributed by atoms with Gasteiger partial charge >= 0.3 is 0 Å². The molecule has 0 aliphatic rings. The quantitative estimate of drug-likeness (QED) is 0.708. The molecule has 0 aliphatic heterocycles. The molecule has 0 radical (unpaired) electrons. The Bertz CT molecular complexity index is 761. The molecule has 4 nitrogen and oxygen atoms in total. The molecule has 0 fully saturated rings. The van der Waals surface area contributed by atoms with Gasteiger partial charge in [0.25, 0.3) is 0 Å². The maximum absolute atomic E-state index is 13.4. The van der Waals surface area contributed by atoms with Crippen LogP contribution in [0, 0.1) is 23.1 Å². The van der Waals surface area contributed by atoms with Crippen molar-refractivity contribution in [2.45, 2.75) is 20.8 Å². The first kappa shape index (κ1) is 15.6. The molecular weight excluding hydrogens is 283 g/mol. The van der Waals surface area contributed by atoms with Gasteiger partial charge in [-0.3, -0.25) is 4.79 Å². The number of anilines is 1. The maximum Gasteiger partial charge on any atom is 0.229 e. The number of carbonyl (C=O) groups excluding carboxylic acids is 1. The van der Waals surface area contributed by atoms with E-state index in [1.807, 2.05) is 0 Å². The van der Waals surface area contributed by atoms with Crippen molar-refractivity contribution in [1.29, 1.82) is 0 Å². The van der Waals surface area contributed by atoms with E-state index in [1.165, 1.54) is 24.4 Å². The summed E-state index contributed by atoms with van der Waals surface area (Å²) in [5.41, 5.74) is 0.607. The summed E-state index contributed by atoms with van der Waals surface area (Å²) in [6, 6.07) is 3.99. The third-order valence-corrected chi connectivity index (χ3v) is 2.97. The number of aromatic nitrogens is 1. The Morgan fingerprint density at radius 3 is 2.50 bits per heavy atom. The van der Waals surface area contributed by atoms with Crippen LogP contribution < -0.4 is 5.32 Å². The van der Waals surface area contributed by atoms with Gasteiger partial charge in [0.15, 0.2) is 0 Å². The van der Waals surface area contributed by atoms with Crippen molar-refractivity contribution in [3.05, 3.63) is 47.5 Å². The number of aromatic amines is 1. The minimum atomic E-state index is -0.601. The summed E-state index contributed by atoms with van der Waals surface area (Å²) in [7, 11) is 0. The summed E-state index contributed by atoms with van der Waals surface area (Å²) in [4.78, 5) is 14.8. The predicted octanol–water partition coefficient (Wildman–Crippen LogP) is 3.24. The molecule has 5 heteroatoms. The number of nitrogens with one attached hydrogen (secondary N) is 2. The van der Waals surface area contributed by atoms with Gasteiger partial charge < -0.3 is 15.4 Å². The highest BCUT2D eigenvalue weighted by molar-refractivity contribution is 5.95. The lowest BCUT2D eigenvalue weighted by molar-refractivity contribution is -0.123. The molecule has 114 valence electrons. The monoisotopic (exact) mass is 300 g/mol. The highest BCUT2D eigenvalue weighted by Gasteiger charge is 2.22. The zero-order chi connectivity index (χ0) is 16.3. The van der Waals surface area contributed by atoms with Crippen molar-refractivity contribution in [1.82, 2.24) is 4.98 Å². The second-order valence-electron chi connectivity index (χ2n) is 5.90. The van der Waals surface area contributed by atoms with Crippen LogP contribution in [-0.4, -0.2) is 16.0 Å². The molecule has 22 heavy (non-hydrogen) atoms. The van der Waals surface area contributed by atoms with Crippen molar-refractivity contribution in [3.8, 4) is 17.6 Å². The normalized spacial score (nSPS) is 10.7. The Hall–Kier alpha value is -2.74. The van der Waals surface area contributed by atoms with E-state index < -0.39 is 11.2 Å². The predicted molar refractivity (Wildman–Crippen MR) is 82.9 cm³/mol. The Labute approximate surface area is 128 Å². The molecule has 0 spiro atoms. The van der Waals surface area contributed by atoms with E-state index >= 15 is 0 Å². The van der Waals surface area contributed by atoms with E-state index in [4.69, 9.17) is 0 Å². The van der Waals surface area contributed by atoms with Gasteiger partial charge in [-0.15, -0.1) is 0 Å². The molecule has 1 amide bonds. The number of aromatic hydroxyl groups is 1. The van der Waals surface area contributed by atoms with Gasteiger partial charge in [-0.2, -0.15) is 0 Å². The molecule has 1 aromatic carbocycles. The average molecular weight is 300 g/mol. The molecule has 0 aliphatic carbocycles. The van der Waals surface area contributed by atoms with Crippen molar-refractivity contribution in [2.75, 3.05) is 5.32 Å². The van der Waals surface area contributed by atoms with Gasteiger partial charge in [-0.05, 0) is 18.2 Å². The van der Waals surface area contributed by atoms with Crippen LogP contribution in [0.1, 0.15) is 31.9 Å². The van der Waals surface area contributed by atoms with Crippen LogP contribution in [-0.2, 0) is 4.79 Å². The molecule has 0 saturated carbocycles. The molecule has 1 aromatic heterocycles. The number of hydrogen-bond donors (Lipinski definition) is 3. The summed E-state index contributed by atoms with van der Waals surface area (Å²) in [6.07, 6.45) is 2.97. The number of amides is 1. The van der Waals surface area contributed by atoms with E-state index in [-0.39, 0.29) is 11.7 Å². The fourth-order valence-electron chi connectivity index (χ4n) is 1.63. The molecule has 2 rings (SSSR count). The number of benzene rings is 1. The van der Waals surface area contributed by atoms with E-state index in [0.717, 1.165) is 0 Å². The third kappa shape index (κ3) is 3.67. The average Bonchev–Trinajstić information content (AvgIpc) is 2.82. The van der Waals surface area contributed by atoms with Crippen LogP contribution in [0.5, 0.6) is 5.75 Å². The SMILES string of the molecule is CC(C)(C)C(=O)Nc1cc(F)ccc1C#Cc1c[nH]cc1O. The summed E-state index contributed by atoms with van der Waals surface area (Å²) >= 11 is 0. The molecular formula is C17H17FN2O2. The third-order valence-electron chi connectivity index (χ3n) is 2.97. The second kappa shape index (κ2) is 5.94. The molecule has 2 aromatic rings. The summed E-state index contributed by atoms with van der Waals surface area (Å²) < 4.78 is 13.4. The topological polar surface area (TPSA) is 65.1 Å². The van der Waals surface area contributed by atoms with Crippen LogP contribution in [0.3, 0.4) is 0 Å². The standard InChI is InChI=1S/C17H17FN2O2/c1-17(2,3)16(22)20-14-8-13(18)7-6-11(14)4-5-12-9-19-10-15(12)21/h6-10,19,21H,1-3H3,(H,20,22). The van der Waals surface area contributed by atoms with Gasteiger partial charge in [0.1, 0.15) is 11.6 Å². The molecule has 0 atom stereocenters. The van der Waals surface area contributed by atoms with Gasteiger partial charge in [0, 0.05) is 23.4 Å². The summed E-state index contributed by atoms with van der Waals surface area (Å²) in [5, 5.41) is 12.2. The van der Waals surface area contributed by atoms with Gasteiger partial charge in [0.05, 0.1) is 11.3 Å². The van der Waals surface area contributed by atoms with Crippen LogP contribution in [0.15, 0.2) is 30.6 Å². The second-order valence-corrected chi connectivity index (χ2v) is 5.90. The van der Waals surface area contributed by atoms with Gasteiger partial charge in [-0.1, -0.05) is 32.6 Å². The summed E-state index contributed by atoms with van der Waals surface area (Å²) in [5.74, 6) is 4.95. The minimum absolute atomic E-state index is 0.0369. The molecule has 0 saturated heterocycles. The fourth-order valence-corrected chi connectivity index (χ4v) is 1.63. The molecule has 0 unspecified atom stereocenters. The van der Waals surface area contributed by atoms with E-state index in [0.29, 0.717) is 16.8 Å². The Morgan fingerprint density at radius 2 is 1.91 bits per heavy atom. The first-order chi connectivity index (χ1) is 10.3. The summed E-state index contributed by atoms with van der Waals surface area (Å²) in [6.45, 7) is 5.31. The van der Waals surface area contributed by atoms with E-state index in [2.05, 4.69) is 22.1 Å². The van der Waals surface area contributed by atoms with Crippen molar-refractivity contribution >= 4 is 11.6 Å².